The van der Waals surface area contributed by atoms with Gasteiger partial charge >= 0.3 is 7.12 Å². The lowest BCUT2D eigenvalue weighted by Crippen LogP contribution is -2.42. The maximum Gasteiger partial charge on any atom is 0.494 e. The molecule has 1 aliphatic heterocycles. The van der Waals surface area contributed by atoms with E-state index in [4.69, 9.17) is 15.0 Å². The lowest BCUT2D eigenvalue weighted by atomic mass is 9.64. The third-order valence-corrected chi connectivity index (χ3v) is 5.75. The average molecular weight is 287 g/mol. The molecule has 1 aromatic carbocycles. The summed E-state index contributed by atoms with van der Waals surface area (Å²) in [6.45, 7) is 9.07. The van der Waals surface area contributed by atoms with Gasteiger partial charge in [0.25, 0.3) is 0 Å². The number of nitrogens with two attached hydrogens (primary N) is 1. The van der Waals surface area contributed by atoms with Gasteiger partial charge in [-0.05, 0) is 51.6 Å². The minimum Gasteiger partial charge on any atom is -0.399 e. The highest BCUT2D eigenvalue weighted by Gasteiger charge is 2.51. The molecule has 21 heavy (non-hydrogen) atoms. The minimum absolute atomic E-state index is 0.217. The Hall–Kier alpha value is -0.835. The quantitative estimate of drug-likeness (QED) is 0.868. The van der Waals surface area contributed by atoms with Crippen molar-refractivity contribution in [1.29, 1.82) is 0 Å². The van der Waals surface area contributed by atoms with Gasteiger partial charge in [-0.25, -0.2) is 0 Å². The normalized spacial score (nSPS) is 25.7. The summed E-state index contributed by atoms with van der Waals surface area (Å²) in [5, 5.41) is 0. The first-order valence-corrected chi connectivity index (χ1v) is 7.96. The van der Waals surface area contributed by atoms with Crippen molar-refractivity contribution in [2.75, 3.05) is 6.54 Å². The molecule has 0 atom stereocenters. The van der Waals surface area contributed by atoms with Gasteiger partial charge in [0.05, 0.1) is 11.2 Å². The summed E-state index contributed by atoms with van der Waals surface area (Å²) in [6.07, 6.45) is 3.70. The fraction of sp³-hybridized carbons (Fsp3) is 0.647. The first-order chi connectivity index (χ1) is 9.80. The molecule has 4 heteroatoms. The number of hydrogen-bond donors (Lipinski definition) is 1. The molecule has 2 N–H and O–H groups in total. The number of benzene rings is 1. The van der Waals surface area contributed by atoms with E-state index in [1.165, 1.54) is 24.8 Å². The molecule has 0 amide bonds. The Morgan fingerprint density at radius 1 is 1.00 bits per heavy atom. The van der Waals surface area contributed by atoms with Crippen LogP contribution in [0.5, 0.6) is 0 Å². The summed E-state index contributed by atoms with van der Waals surface area (Å²) in [7, 11) is -0.278. The molecule has 3 rings (SSSR count). The lowest BCUT2D eigenvalue weighted by molar-refractivity contribution is 0.00578. The third-order valence-electron chi connectivity index (χ3n) is 5.75. The molecule has 0 bridgehead atoms. The van der Waals surface area contributed by atoms with Crippen LogP contribution < -0.4 is 11.2 Å². The van der Waals surface area contributed by atoms with E-state index in [1.807, 2.05) is 0 Å². The topological polar surface area (TPSA) is 44.5 Å². The summed E-state index contributed by atoms with van der Waals surface area (Å²) >= 11 is 0. The standard InChI is InChI=1S/C17H26BNO2/c1-15(2)16(3,4)21-18(20-15)14-8-6-13(7-9-14)17(12-19)10-5-11-17/h6-9H,5,10-12,19H2,1-4H3. The maximum atomic E-state index is 6.10. The van der Waals surface area contributed by atoms with Crippen LogP contribution >= 0.6 is 0 Å². The Morgan fingerprint density at radius 3 is 1.90 bits per heavy atom. The van der Waals surface area contributed by atoms with Gasteiger partial charge in [-0.15, -0.1) is 0 Å². The van der Waals surface area contributed by atoms with E-state index in [1.54, 1.807) is 0 Å². The van der Waals surface area contributed by atoms with Crippen LogP contribution in [-0.2, 0) is 14.7 Å². The molecule has 114 valence electrons. The van der Waals surface area contributed by atoms with Gasteiger partial charge in [0.1, 0.15) is 0 Å². The number of hydrogen-bond acceptors (Lipinski definition) is 3. The van der Waals surface area contributed by atoms with Crippen molar-refractivity contribution in [1.82, 2.24) is 0 Å². The summed E-state index contributed by atoms with van der Waals surface area (Å²) < 4.78 is 12.2. The highest BCUT2D eigenvalue weighted by Crippen LogP contribution is 2.42. The van der Waals surface area contributed by atoms with E-state index in [0.29, 0.717) is 0 Å². The van der Waals surface area contributed by atoms with Crippen molar-refractivity contribution in [2.24, 2.45) is 5.73 Å². The van der Waals surface area contributed by atoms with Crippen molar-refractivity contribution >= 4 is 12.6 Å². The second-order valence-electron chi connectivity index (χ2n) is 7.55. The Morgan fingerprint density at radius 2 is 1.52 bits per heavy atom. The van der Waals surface area contributed by atoms with Crippen LogP contribution in [0.2, 0.25) is 0 Å². The SMILES string of the molecule is CC1(C)OB(c2ccc(C3(CN)CCC3)cc2)OC1(C)C. The van der Waals surface area contributed by atoms with E-state index < -0.39 is 0 Å². The molecule has 1 aliphatic carbocycles. The third kappa shape index (κ3) is 2.34. The summed E-state index contributed by atoms with van der Waals surface area (Å²) in [5.74, 6) is 0. The maximum absolute atomic E-state index is 6.10. The van der Waals surface area contributed by atoms with Gasteiger partial charge in [0.15, 0.2) is 0 Å². The van der Waals surface area contributed by atoms with Crippen LogP contribution in [0.3, 0.4) is 0 Å². The molecule has 1 heterocycles. The predicted octanol–water partition coefficient (Wildman–Crippen LogP) is 2.37. The average Bonchev–Trinajstić information content (AvgIpc) is 2.59. The van der Waals surface area contributed by atoms with Crippen molar-refractivity contribution in [3.63, 3.8) is 0 Å². The molecule has 0 spiro atoms. The second kappa shape index (κ2) is 4.84. The Labute approximate surface area is 128 Å². The van der Waals surface area contributed by atoms with Crippen LogP contribution in [0, 0.1) is 0 Å². The van der Waals surface area contributed by atoms with Crippen molar-refractivity contribution in [2.45, 2.75) is 63.6 Å². The Bertz CT molecular complexity index is 499. The molecule has 2 fully saturated rings. The van der Waals surface area contributed by atoms with Crippen LogP contribution in [-0.4, -0.2) is 24.9 Å². The summed E-state index contributed by atoms with van der Waals surface area (Å²) in [4.78, 5) is 0. The van der Waals surface area contributed by atoms with Crippen LogP contribution in [0.4, 0.5) is 0 Å². The van der Waals surface area contributed by atoms with Crippen LogP contribution in [0.25, 0.3) is 0 Å². The van der Waals surface area contributed by atoms with E-state index in [2.05, 4.69) is 52.0 Å². The van der Waals surface area contributed by atoms with Crippen LogP contribution in [0.15, 0.2) is 24.3 Å². The first kappa shape index (κ1) is 15.1. The molecular formula is C17H26BNO2. The molecule has 0 radical (unpaired) electrons. The zero-order valence-corrected chi connectivity index (χ0v) is 13.6. The summed E-state index contributed by atoms with van der Waals surface area (Å²) in [5.41, 5.74) is 8.07. The fourth-order valence-corrected chi connectivity index (χ4v) is 3.19. The van der Waals surface area contributed by atoms with Gasteiger partial charge in [-0.1, -0.05) is 30.7 Å². The highest BCUT2D eigenvalue weighted by molar-refractivity contribution is 6.62. The van der Waals surface area contributed by atoms with Gasteiger partial charge in [-0.3, -0.25) is 0 Å². The van der Waals surface area contributed by atoms with Gasteiger partial charge in [-0.2, -0.15) is 0 Å². The van der Waals surface area contributed by atoms with E-state index in [-0.39, 0.29) is 23.7 Å². The predicted molar refractivity (Wildman–Crippen MR) is 86.7 cm³/mol. The van der Waals surface area contributed by atoms with Gasteiger partial charge in [0.2, 0.25) is 0 Å². The van der Waals surface area contributed by atoms with Crippen molar-refractivity contribution in [3.8, 4) is 0 Å². The largest absolute Gasteiger partial charge is 0.494 e. The number of rotatable bonds is 3. The molecule has 2 aliphatic rings. The molecule has 0 unspecified atom stereocenters. The molecule has 0 aromatic heterocycles. The smallest absolute Gasteiger partial charge is 0.399 e. The van der Waals surface area contributed by atoms with E-state index in [0.717, 1.165) is 12.0 Å². The molecule has 3 nitrogen and oxygen atoms in total. The van der Waals surface area contributed by atoms with Crippen molar-refractivity contribution in [3.05, 3.63) is 29.8 Å². The van der Waals surface area contributed by atoms with Gasteiger partial charge in [0, 0.05) is 12.0 Å². The molecule has 1 aromatic rings. The fourth-order valence-electron chi connectivity index (χ4n) is 3.19. The molecule has 1 saturated carbocycles. The zero-order chi connectivity index (χ0) is 15.3. The summed E-state index contributed by atoms with van der Waals surface area (Å²) in [6, 6.07) is 8.67. The zero-order valence-electron chi connectivity index (χ0n) is 13.6. The van der Waals surface area contributed by atoms with E-state index in [9.17, 15) is 0 Å². The molecular weight excluding hydrogens is 261 g/mol. The van der Waals surface area contributed by atoms with Crippen LogP contribution in [0.1, 0.15) is 52.5 Å². The molecule has 1 saturated heterocycles. The Kier molecular flexibility index (Phi) is 3.47. The first-order valence-electron chi connectivity index (χ1n) is 7.96. The van der Waals surface area contributed by atoms with Crippen molar-refractivity contribution < 1.29 is 9.31 Å². The lowest BCUT2D eigenvalue weighted by Gasteiger charge is -2.41. The van der Waals surface area contributed by atoms with E-state index >= 15 is 0 Å². The minimum atomic E-state index is -0.289. The van der Waals surface area contributed by atoms with Gasteiger partial charge < -0.3 is 15.0 Å². The monoisotopic (exact) mass is 287 g/mol. The highest BCUT2D eigenvalue weighted by atomic mass is 16.7. The Balaban J connectivity index is 1.80. The second-order valence-corrected chi connectivity index (χ2v) is 7.55.